The minimum atomic E-state index is 0.778. The topological polar surface area (TPSA) is 9.23 Å². The molecule has 26 heavy (non-hydrogen) atoms. The molecule has 2 aromatic carbocycles. The number of rotatable bonds is 8. The Hall–Kier alpha value is -1.60. The number of benzene rings is 2. The Morgan fingerprint density at radius 2 is 1.46 bits per heavy atom. The number of aryl methyl sites for hydroxylation is 1. The van der Waals surface area contributed by atoms with Crippen molar-refractivity contribution in [2.45, 2.75) is 64.2 Å². The first-order chi connectivity index (χ1) is 12.8. The van der Waals surface area contributed by atoms with E-state index in [2.05, 4.69) is 55.5 Å². The van der Waals surface area contributed by atoms with E-state index in [1.165, 1.54) is 55.2 Å². The van der Waals surface area contributed by atoms with Gasteiger partial charge in [-0.3, -0.25) is 0 Å². The fraction of sp³-hybridized carbons (Fsp3) is 0.520. The van der Waals surface area contributed by atoms with Gasteiger partial charge >= 0.3 is 0 Å². The third-order valence-corrected chi connectivity index (χ3v) is 6.03. The Kier molecular flexibility index (Phi) is 7.32. The summed E-state index contributed by atoms with van der Waals surface area (Å²) in [6, 6.07) is 18.4. The summed E-state index contributed by atoms with van der Waals surface area (Å²) in [7, 11) is 1.77. The lowest BCUT2D eigenvalue weighted by molar-refractivity contribution is 0.195. The van der Waals surface area contributed by atoms with Gasteiger partial charge in [-0.25, -0.2) is 0 Å². The summed E-state index contributed by atoms with van der Waals surface area (Å²) < 4.78 is 5.14. The Balaban J connectivity index is 1.57. The summed E-state index contributed by atoms with van der Waals surface area (Å²) in [5, 5.41) is 0. The molecular weight excluding hydrogens is 316 g/mol. The maximum absolute atomic E-state index is 5.14. The maximum Gasteiger partial charge on any atom is 0.0465 e. The van der Waals surface area contributed by atoms with Gasteiger partial charge in [-0.15, -0.1) is 0 Å². The second kappa shape index (κ2) is 9.92. The number of methoxy groups -OCH3 is 1. The van der Waals surface area contributed by atoms with Gasteiger partial charge in [0.2, 0.25) is 0 Å². The molecule has 140 valence electrons. The van der Waals surface area contributed by atoms with Gasteiger partial charge in [-0.2, -0.15) is 0 Å². The molecule has 1 heteroatoms. The Bertz CT molecular complexity index is 633. The minimum Gasteiger partial charge on any atom is -0.385 e. The third kappa shape index (κ3) is 5.20. The predicted octanol–water partition coefficient (Wildman–Crippen LogP) is 7.01. The molecule has 1 saturated carbocycles. The fourth-order valence-electron chi connectivity index (χ4n) is 4.42. The molecule has 0 radical (unpaired) electrons. The third-order valence-electron chi connectivity index (χ3n) is 6.03. The van der Waals surface area contributed by atoms with Crippen molar-refractivity contribution in [2.24, 2.45) is 5.92 Å². The van der Waals surface area contributed by atoms with Crippen LogP contribution in [0.3, 0.4) is 0 Å². The van der Waals surface area contributed by atoms with Crippen LogP contribution in [-0.2, 0) is 11.2 Å². The van der Waals surface area contributed by atoms with E-state index in [0.717, 1.165) is 31.3 Å². The van der Waals surface area contributed by atoms with Crippen molar-refractivity contribution in [3.8, 4) is 11.1 Å². The quantitative estimate of drug-likeness (QED) is 0.465. The molecule has 0 unspecified atom stereocenters. The van der Waals surface area contributed by atoms with Gasteiger partial charge in [0, 0.05) is 13.7 Å². The van der Waals surface area contributed by atoms with Gasteiger partial charge < -0.3 is 4.74 Å². The molecule has 0 N–H and O–H groups in total. The van der Waals surface area contributed by atoms with Crippen LogP contribution < -0.4 is 0 Å². The highest BCUT2D eigenvalue weighted by molar-refractivity contribution is 5.64. The van der Waals surface area contributed by atoms with E-state index >= 15 is 0 Å². The van der Waals surface area contributed by atoms with Gasteiger partial charge in [0.1, 0.15) is 0 Å². The molecular formula is C25H34O. The van der Waals surface area contributed by atoms with E-state index < -0.39 is 0 Å². The van der Waals surface area contributed by atoms with Gasteiger partial charge in [0.15, 0.2) is 0 Å². The molecule has 2 aromatic rings. The molecule has 0 heterocycles. The predicted molar refractivity (Wildman–Crippen MR) is 112 cm³/mol. The van der Waals surface area contributed by atoms with Crippen LogP contribution in [0.15, 0.2) is 48.5 Å². The summed E-state index contributed by atoms with van der Waals surface area (Å²) in [6.07, 6.45) is 10.5. The molecule has 0 bridgehead atoms. The van der Waals surface area contributed by atoms with Crippen LogP contribution in [-0.4, -0.2) is 13.7 Å². The van der Waals surface area contributed by atoms with Crippen LogP contribution in [0.4, 0.5) is 0 Å². The second-order valence-electron chi connectivity index (χ2n) is 7.92. The number of hydrogen-bond donors (Lipinski definition) is 0. The van der Waals surface area contributed by atoms with Crippen LogP contribution >= 0.6 is 0 Å². The Morgan fingerprint density at radius 3 is 2.04 bits per heavy atom. The highest BCUT2D eigenvalue weighted by atomic mass is 16.5. The molecule has 1 aliphatic rings. The highest BCUT2D eigenvalue weighted by Gasteiger charge is 2.21. The van der Waals surface area contributed by atoms with Gasteiger partial charge in [-0.1, -0.05) is 68.3 Å². The molecule has 3 rings (SSSR count). The van der Waals surface area contributed by atoms with E-state index in [-0.39, 0.29) is 0 Å². The zero-order valence-corrected chi connectivity index (χ0v) is 16.5. The smallest absolute Gasteiger partial charge is 0.0465 e. The van der Waals surface area contributed by atoms with Crippen LogP contribution in [0.25, 0.3) is 11.1 Å². The number of ether oxygens (including phenoxy) is 1. The van der Waals surface area contributed by atoms with Crippen LogP contribution in [0.1, 0.15) is 68.9 Å². The van der Waals surface area contributed by atoms with E-state index in [1.54, 1.807) is 12.7 Å². The molecule has 0 aliphatic heterocycles. The first-order valence-corrected chi connectivity index (χ1v) is 10.5. The zero-order chi connectivity index (χ0) is 18.2. The molecule has 0 spiro atoms. The summed E-state index contributed by atoms with van der Waals surface area (Å²) >= 11 is 0. The number of hydrogen-bond acceptors (Lipinski definition) is 1. The van der Waals surface area contributed by atoms with E-state index in [9.17, 15) is 0 Å². The average molecular weight is 351 g/mol. The summed E-state index contributed by atoms with van der Waals surface area (Å²) in [6.45, 7) is 3.15. The Morgan fingerprint density at radius 1 is 0.846 bits per heavy atom. The first kappa shape index (κ1) is 19.2. The van der Waals surface area contributed by atoms with Crippen molar-refractivity contribution >= 4 is 0 Å². The van der Waals surface area contributed by atoms with Crippen molar-refractivity contribution in [1.82, 2.24) is 0 Å². The summed E-state index contributed by atoms with van der Waals surface area (Å²) in [5.41, 5.74) is 5.58. The minimum absolute atomic E-state index is 0.778. The molecule has 0 saturated heterocycles. The molecule has 1 nitrogen and oxygen atoms in total. The lowest BCUT2D eigenvalue weighted by Gasteiger charge is -2.28. The summed E-state index contributed by atoms with van der Waals surface area (Å²) in [5.74, 6) is 1.76. The summed E-state index contributed by atoms with van der Waals surface area (Å²) in [4.78, 5) is 0. The SMILES string of the molecule is CCCC1CCC(c2ccc(-c3ccc(CCCOC)cc3)cc2)CC1. The molecule has 0 amide bonds. The van der Waals surface area contributed by atoms with Gasteiger partial charge in [0.05, 0.1) is 0 Å². The van der Waals surface area contributed by atoms with Crippen molar-refractivity contribution in [3.05, 3.63) is 59.7 Å². The van der Waals surface area contributed by atoms with Crippen LogP contribution in [0.2, 0.25) is 0 Å². The van der Waals surface area contributed by atoms with Crippen LogP contribution in [0, 0.1) is 5.92 Å². The fourth-order valence-corrected chi connectivity index (χ4v) is 4.42. The lowest BCUT2D eigenvalue weighted by Crippen LogP contribution is -2.13. The first-order valence-electron chi connectivity index (χ1n) is 10.5. The molecule has 1 fully saturated rings. The van der Waals surface area contributed by atoms with E-state index in [1.807, 2.05) is 0 Å². The molecule has 1 aliphatic carbocycles. The van der Waals surface area contributed by atoms with Crippen molar-refractivity contribution < 1.29 is 4.74 Å². The largest absolute Gasteiger partial charge is 0.385 e. The van der Waals surface area contributed by atoms with Crippen molar-refractivity contribution in [1.29, 1.82) is 0 Å². The second-order valence-corrected chi connectivity index (χ2v) is 7.92. The zero-order valence-electron chi connectivity index (χ0n) is 16.5. The molecule has 0 atom stereocenters. The van der Waals surface area contributed by atoms with Crippen LogP contribution in [0.5, 0.6) is 0 Å². The van der Waals surface area contributed by atoms with Gasteiger partial charge in [0.25, 0.3) is 0 Å². The Labute approximate surface area is 159 Å². The van der Waals surface area contributed by atoms with Crippen molar-refractivity contribution in [3.63, 3.8) is 0 Å². The lowest BCUT2D eigenvalue weighted by atomic mass is 9.77. The average Bonchev–Trinajstić information content (AvgIpc) is 2.70. The normalized spacial score (nSPS) is 20.2. The van der Waals surface area contributed by atoms with Crippen molar-refractivity contribution in [2.75, 3.05) is 13.7 Å². The van der Waals surface area contributed by atoms with E-state index in [4.69, 9.17) is 4.74 Å². The van der Waals surface area contributed by atoms with Gasteiger partial charge in [-0.05, 0) is 72.6 Å². The highest BCUT2D eigenvalue weighted by Crippen LogP contribution is 2.38. The van der Waals surface area contributed by atoms with E-state index in [0.29, 0.717) is 0 Å². The molecule has 0 aromatic heterocycles. The standard InChI is InChI=1S/C25H34O/c1-3-5-20-7-11-22(12-8-20)24-15-17-25(18-16-24)23-13-9-21(10-14-23)6-4-19-26-2/h9-10,13-18,20,22H,3-8,11-12,19H2,1-2H3. The maximum atomic E-state index is 5.14. The monoisotopic (exact) mass is 350 g/mol.